The van der Waals surface area contributed by atoms with Crippen LogP contribution in [-0.4, -0.2) is 23.4 Å². The minimum absolute atomic E-state index is 0.957. The second-order valence-electron chi connectivity index (χ2n) is 4.15. The van der Waals surface area contributed by atoms with Crippen LogP contribution in [-0.2, 0) is 0 Å². The second-order valence-corrected chi connectivity index (χ2v) is 5.79. The van der Waals surface area contributed by atoms with Crippen molar-refractivity contribution in [3.63, 3.8) is 0 Å². The number of nitrogens with zero attached hydrogens (tertiary/aromatic N) is 2. The van der Waals surface area contributed by atoms with Gasteiger partial charge in [-0.1, -0.05) is 50.9 Å². The van der Waals surface area contributed by atoms with Crippen LogP contribution >= 0.6 is 31.9 Å². The fraction of sp³-hybridized carbons (Fsp3) is 0.357. The first kappa shape index (κ1) is 13.8. The number of hydrogen-bond acceptors (Lipinski definition) is 2. The van der Waals surface area contributed by atoms with Crippen LogP contribution in [0.25, 0.3) is 10.8 Å². The highest BCUT2D eigenvalue weighted by molar-refractivity contribution is 9.10. The van der Waals surface area contributed by atoms with E-state index in [4.69, 9.17) is 0 Å². The van der Waals surface area contributed by atoms with E-state index in [1.54, 1.807) is 0 Å². The molecule has 0 aliphatic carbocycles. The molecule has 0 aliphatic rings. The Hall–Kier alpha value is -0.610. The molecule has 0 amide bonds. The van der Waals surface area contributed by atoms with E-state index in [0.717, 1.165) is 35.1 Å². The average molecular weight is 372 g/mol. The number of aromatic nitrogens is 1. The van der Waals surface area contributed by atoms with Crippen molar-refractivity contribution < 1.29 is 0 Å². The van der Waals surface area contributed by atoms with E-state index in [1.165, 1.54) is 10.8 Å². The van der Waals surface area contributed by atoms with Gasteiger partial charge in [0.1, 0.15) is 5.82 Å². The van der Waals surface area contributed by atoms with Crippen LogP contribution in [0.5, 0.6) is 0 Å². The van der Waals surface area contributed by atoms with Gasteiger partial charge in [0, 0.05) is 39.9 Å². The SMILES string of the molecule is CCCN(CCBr)c1nccc2c(Br)cccc12. The minimum Gasteiger partial charge on any atom is -0.355 e. The highest BCUT2D eigenvalue weighted by atomic mass is 79.9. The molecule has 4 heteroatoms. The molecule has 2 nitrogen and oxygen atoms in total. The van der Waals surface area contributed by atoms with E-state index >= 15 is 0 Å². The molecule has 0 radical (unpaired) electrons. The zero-order valence-electron chi connectivity index (χ0n) is 10.4. The molecule has 1 heterocycles. The normalized spacial score (nSPS) is 10.8. The number of anilines is 1. The van der Waals surface area contributed by atoms with Crippen molar-refractivity contribution >= 4 is 48.5 Å². The molecular weight excluding hydrogens is 356 g/mol. The molecule has 0 saturated carbocycles. The number of fused-ring (bicyclic) bond motifs is 1. The van der Waals surface area contributed by atoms with Crippen molar-refractivity contribution in [3.8, 4) is 0 Å². The molecule has 0 atom stereocenters. The Balaban J connectivity index is 2.51. The molecule has 0 saturated heterocycles. The third kappa shape index (κ3) is 2.86. The molecule has 96 valence electrons. The van der Waals surface area contributed by atoms with Crippen LogP contribution in [0.3, 0.4) is 0 Å². The lowest BCUT2D eigenvalue weighted by Gasteiger charge is -2.23. The molecule has 18 heavy (non-hydrogen) atoms. The largest absolute Gasteiger partial charge is 0.355 e. The van der Waals surface area contributed by atoms with E-state index in [-0.39, 0.29) is 0 Å². The number of halogens is 2. The lowest BCUT2D eigenvalue weighted by atomic mass is 10.1. The molecule has 0 N–H and O–H groups in total. The summed E-state index contributed by atoms with van der Waals surface area (Å²) in [5.41, 5.74) is 0. The van der Waals surface area contributed by atoms with Crippen molar-refractivity contribution in [1.29, 1.82) is 0 Å². The van der Waals surface area contributed by atoms with Crippen LogP contribution in [0.1, 0.15) is 13.3 Å². The molecule has 0 spiro atoms. The molecule has 1 aromatic heterocycles. The average Bonchev–Trinajstić information content (AvgIpc) is 2.38. The van der Waals surface area contributed by atoms with Crippen LogP contribution < -0.4 is 4.90 Å². The van der Waals surface area contributed by atoms with E-state index < -0.39 is 0 Å². The van der Waals surface area contributed by atoms with Gasteiger partial charge in [-0.05, 0) is 18.6 Å². The smallest absolute Gasteiger partial charge is 0.136 e. The topological polar surface area (TPSA) is 16.1 Å². The predicted molar refractivity (Wildman–Crippen MR) is 85.7 cm³/mol. The first-order valence-corrected chi connectivity index (χ1v) is 8.03. The summed E-state index contributed by atoms with van der Waals surface area (Å²) in [6.07, 6.45) is 3.01. The molecule has 0 unspecified atom stereocenters. The van der Waals surface area contributed by atoms with Gasteiger partial charge in [0.25, 0.3) is 0 Å². The van der Waals surface area contributed by atoms with Gasteiger partial charge in [-0.15, -0.1) is 0 Å². The Morgan fingerprint density at radius 3 is 2.72 bits per heavy atom. The Labute approximate surface area is 125 Å². The maximum absolute atomic E-state index is 4.57. The van der Waals surface area contributed by atoms with Crippen molar-refractivity contribution in [3.05, 3.63) is 34.9 Å². The highest BCUT2D eigenvalue weighted by Crippen LogP contribution is 2.29. The molecule has 2 rings (SSSR count). The summed E-state index contributed by atoms with van der Waals surface area (Å²) in [6.45, 7) is 4.21. The zero-order valence-corrected chi connectivity index (χ0v) is 13.5. The third-order valence-corrected chi connectivity index (χ3v) is 3.93. The van der Waals surface area contributed by atoms with Crippen LogP contribution in [0.4, 0.5) is 5.82 Å². The standard InChI is InChI=1S/C14H16Br2N2/c1-2-9-18(10-7-15)14-12-4-3-5-13(16)11(12)6-8-17-14/h3-6,8H,2,7,9-10H2,1H3. The van der Waals surface area contributed by atoms with Crippen molar-refractivity contribution in [2.45, 2.75) is 13.3 Å². The fourth-order valence-corrected chi connectivity index (χ4v) is 3.03. The third-order valence-electron chi connectivity index (χ3n) is 2.88. The van der Waals surface area contributed by atoms with Gasteiger partial charge >= 0.3 is 0 Å². The van der Waals surface area contributed by atoms with Gasteiger partial charge in [-0.25, -0.2) is 4.98 Å². The first-order chi connectivity index (χ1) is 8.77. The van der Waals surface area contributed by atoms with Crippen LogP contribution in [0, 0.1) is 0 Å². The van der Waals surface area contributed by atoms with E-state index in [1.807, 2.05) is 6.20 Å². The number of hydrogen-bond donors (Lipinski definition) is 0. The van der Waals surface area contributed by atoms with Crippen molar-refractivity contribution in [2.24, 2.45) is 0 Å². The number of alkyl halides is 1. The summed E-state index contributed by atoms with van der Waals surface area (Å²) >= 11 is 7.12. The Morgan fingerprint density at radius 2 is 2.00 bits per heavy atom. The van der Waals surface area contributed by atoms with E-state index in [9.17, 15) is 0 Å². The quantitative estimate of drug-likeness (QED) is 0.713. The summed E-state index contributed by atoms with van der Waals surface area (Å²) in [4.78, 5) is 6.91. The van der Waals surface area contributed by atoms with Gasteiger partial charge in [-0.3, -0.25) is 0 Å². The van der Waals surface area contributed by atoms with Gasteiger partial charge in [0.15, 0.2) is 0 Å². The molecule has 0 fully saturated rings. The Bertz CT molecular complexity index is 522. The minimum atomic E-state index is 0.957. The number of benzene rings is 1. The molecule has 1 aromatic carbocycles. The lowest BCUT2D eigenvalue weighted by Crippen LogP contribution is -2.27. The number of rotatable bonds is 5. The maximum atomic E-state index is 4.57. The summed E-state index contributed by atoms with van der Waals surface area (Å²) in [7, 11) is 0. The van der Waals surface area contributed by atoms with Crippen molar-refractivity contribution in [1.82, 2.24) is 4.98 Å². The van der Waals surface area contributed by atoms with Crippen molar-refractivity contribution in [2.75, 3.05) is 23.3 Å². The predicted octanol–water partition coefficient (Wildman–Crippen LogP) is 4.61. The zero-order chi connectivity index (χ0) is 13.0. The highest BCUT2D eigenvalue weighted by Gasteiger charge is 2.11. The lowest BCUT2D eigenvalue weighted by molar-refractivity contribution is 0.788. The molecule has 0 aliphatic heterocycles. The summed E-state index contributed by atoms with van der Waals surface area (Å²) in [5, 5.41) is 3.39. The van der Waals surface area contributed by atoms with Gasteiger partial charge in [0.05, 0.1) is 0 Å². The first-order valence-electron chi connectivity index (χ1n) is 6.12. The Kier molecular flexibility index (Phi) is 5.01. The van der Waals surface area contributed by atoms with Gasteiger partial charge in [-0.2, -0.15) is 0 Å². The van der Waals surface area contributed by atoms with E-state index in [2.05, 4.69) is 72.9 Å². The Morgan fingerprint density at radius 1 is 1.17 bits per heavy atom. The van der Waals surface area contributed by atoms with Gasteiger partial charge in [0.2, 0.25) is 0 Å². The molecule has 2 aromatic rings. The van der Waals surface area contributed by atoms with E-state index in [0.29, 0.717) is 0 Å². The second kappa shape index (κ2) is 6.53. The molecular formula is C14H16Br2N2. The monoisotopic (exact) mass is 370 g/mol. The van der Waals surface area contributed by atoms with Crippen LogP contribution in [0.2, 0.25) is 0 Å². The fourth-order valence-electron chi connectivity index (χ4n) is 2.10. The summed E-state index contributed by atoms with van der Waals surface area (Å²) in [6, 6.07) is 8.33. The van der Waals surface area contributed by atoms with Crippen LogP contribution in [0.15, 0.2) is 34.9 Å². The summed E-state index contributed by atoms with van der Waals surface area (Å²) in [5.74, 6) is 1.08. The maximum Gasteiger partial charge on any atom is 0.136 e. The summed E-state index contributed by atoms with van der Waals surface area (Å²) < 4.78 is 1.12. The molecule has 0 bridgehead atoms. The number of pyridine rings is 1. The van der Waals surface area contributed by atoms with Gasteiger partial charge < -0.3 is 4.90 Å².